The average Bonchev–Trinajstić information content (AvgIpc) is 3.53. The molecular formula is C26H32Cl2N6O3S2. The van der Waals surface area contributed by atoms with Gasteiger partial charge in [0.25, 0.3) is 0 Å². The molecule has 1 aliphatic rings. The van der Waals surface area contributed by atoms with Crippen molar-refractivity contribution in [1.29, 1.82) is 0 Å². The number of para-hydroxylation sites is 1. The van der Waals surface area contributed by atoms with Crippen molar-refractivity contribution in [2.75, 3.05) is 31.6 Å². The molecule has 2 N–H and O–H groups in total. The molecule has 0 saturated carbocycles. The van der Waals surface area contributed by atoms with Gasteiger partial charge in [0.05, 0.1) is 17.6 Å². The van der Waals surface area contributed by atoms with Crippen LogP contribution >= 0.6 is 47.9 Å². The number of benzene rings is 1. The lowest BCUT2D eigenvalue weighted by atomic mass is 9.93. The summed E-state index contributed by atoms with van der Waals surface area (Å²) in [5.74, 6) is 3.56. The van der Waals surface area contributed by atoms with E-state index in [1.165, 1.54) is 11.3 Å². The number of aliphatic hydroxyl groups is 1. The number of anilines is 2. The average molecular weight is 612 g/mol. The van der Waals surface area contributed by atoms with Crippen LogP contribution in [0.5, 0.6) is 11.5 Å². The number of halogens is 2. The van der Waals surface area contributed by atoms with Crippen LogP contribution in [0.2, 0.25) is 0 Å². The number of thiazole rings is 1. The normalized spacial score (nSPS) is 14.7. The summed E-state index contributed by atoms with van der Waals surface area (Å²) in [7, 11) is 0. The second-order valence-corrected chi connectivity index (χ2v) is 11.0. The molecule has 9 nitrogen and oxygen atoms in total. The summed E-state index contributed by atoms with van der Waals surface area (Å²) in [6.45, 7) is 6.57. The standard InChI is InChI=1S/C26H30N6O3S2.2ClH/c1-17-16-36-26(28-17)30-24-22(34-20-6-4-3-5-7-20)14-21(15-27-24)37-23(25-29-18(2)31-35-25)19-8-10-32(11-9-19)12-13-33;;/h3-7,14-16,19,23,33H,8-13H2,1-2H3,(H,27,28,30);2*1H. The predicted molar refractivity (Wildman–Crippen MR) is 159 cm³/mol. The van der Waals surface area contributed by atoms with Gasteiger partial charge in [-0.15, -0.1) is 47.9 Å². The Morgan fingerprint density at radius 1 is 1.18 bits per heavy atom. The van der Waals surface area contributed by atoms with Crippen LogP contribution in [-0.4, -0.2) is 56.4 Å². The van der Waals surface area contributed by atoms with Crippen molar-refractivity contribution in [3.63, 3.8) is 0 Å². The highest BCUT2D eigenvalue weighted by atomic mass is 35.5. The van der Waals surface area contributed by atoms with Gasteiger partial charge in [-0.25, -0.2) is 9.97 Å². The molecule has 3 aromatic heterocycles. The zero-order valence-electron chi connectivity index (χ0n) is 21.6. The molecule has 1 saturated heterocycles. The Labute approximate surface area is 248 Å². The Balaban J connectivity index is 0.00000210. The van der Waals surface area contributed by atoms with Crippen molar-refractivity contribution < 1.29 is 14.4 Å². The second-order valence-electron chi connectivity index (χ2n) is 8.97. The largest absolute Gasteiger partial charge is 0.453 e. The molecule has 0 radical (unpaired) electrons. The van der Waals surface area contributed by atoms with Crippen molar-refractivity contribution in [3.8, 4) is 11.5 Å². The number of nitrogens with one attached hydrogen (secondary N) is 1. The maximum atomic E-state index is 9.31. The summed E-state index contributed by atoms with van der Waals surface area (Å²) in [5, 5.41) is 19.4. The minimum Gasteiger partial charge on any atom is -0.453 e. The lowest BCUT2D eigenvalue weighted by molar-refractivity contribution is 0.143. The van der Waals surface area contributed by atoms with Gasteiger partial charge in [-0.3, -0.25) is 0 Å². The molecule has 0 bridgehead atoms. The molecule has 1 unspecified atom stereocenters. The molecule has 0 spiro atoms. The minimum atomic E-state index is -0.00993. The van der Waals surface area contributed by atoms with Gasteiger partial charge < -0.3 is 24.6 Å². The third-order valence-corrected chi connectivity index (χ3v) is 8.38. The number of nitrogens with zero attached hydrogens (tertiary/aromatic N) is 5. The van der Waals surface area contributed by atoms with E-state index in [0.29, 0.717) is 35.7 Å². The molecule has 1 aromatic carbocycles. The molecular weight excluding hydrogens is 579 g/mol. The third-order valence-electron chi connectivity index (χ3n) is 6.17. The van der Waals surface area contributed by atoms with E-state index in [4.69, 9.17) is 14.2 Å². The summed E-state index contributed by atoms with van der Waals surface area (Å²) in [6.07, 6.45) is 3.83. The summed E-state index contributed by atoms with van der Waals surface area (Å²) in [4.78, 5) is 17.1. The van der Waals surface area contributed by atoms with E-state index in [-0.39, 0.29) is 36.7 Å². The molecule has 39 heavy (non-hydrogen) atoms. The van der Waals surface area contributed by atoms with Gasteiger partial charge in [0.2, 0.25) is 5.89 Å². The van der Waals surface area contributed by atoms with Crippen LogP contribution in [0.1, 0.15) is 35.5 Å². The zero-order chi connectivity index (χ0) is 25.6. The Morgan fingerprint density at radius 2 is 1.95 bits per heavy atom. The van der Waals surface area contributed by atoms with Gasteiger partial charge in [-0.2, -0.15) is 4.98 Å². The number of aryl methyl sites for hydroxylation is 2. The Kier molecular flexibility index (Phi) is 11.8. The number of aliphatic hydroxyl groups excluding tert-OH is 1. The fourth-order valence-corrected chi connectivity index (χ4v) is 6.27. The smallest absolute Gasteiger partial charge is 0.240 e. The van der Waals surface area contributed by atoms with Crippen LogP contribution in [0.3, 0.4) is 0 Å². The number of rotatable bonds is 10. The summed E-state index contributed by atoms with van der Waals surface area (Å²) < 4.78 is 11.9. The van der Waals surface area contributed by atoms with E-state index >= 15 is 0 Å². The number of likely N-dealkylation sites (tertiary alicyclic amines) is 1. The molecule has 0 amide bonds. The zero-order valence-corrected chi connectivity index (χ0v) is 24.9. The SMILES string of the molecule is Cc1csc(Nc2ncc(SC(c3nc(C)no3)C3CCN(CCO)CC3)cc2Oc2ccccc2)n1.Cl.Cl. The quantitative estimate of drug-likeness (QED) is 0.194. The van der Waals surface area contributed by atoms with E-state index in [2.05, 4.69) is 25.3 Å². The number of piperidine rings is 1. The highest BCUT2D eigenvalue weighted by Gasteiger charge is 2.32. The number of hydrogen-bond donors (Lipinski definition) is 2. The maximum Gasteiger partial charge on any atom is 0.240 e. The van der Waals surface area contributed by atoms with E-state index in [9.17, 15) is 5.11 Å². The van der Waals surface area contributed by atoms with Crippen LogP contribution in [0.25, 0.3) is 0 Å². The molecule has 5 rings (SSSR count). The summed E-state index contributed by atoms with van der Waals surface area (Å²) in [6, 6.07) is 11.7. The first kappa shape index (κ1) is 31.1. The maximum absolute atomic E-state index is 9.31. The van der Waals surface area contributed by atoms with E-state index in [1.54, 1.807) is 11.8 Å². The van der Waals surface area contributed by atoms with Gasteiger partial charge in [0.1, 0.15) is 5.75 Å². The lowest BCUT2D eigenvalue weighted by Gasteiger charge is -2.34. The van der Waals surface area contributed by atoms with Gasteiger partial charge in [-0.05, 0) is 63.9 Å². The topological polar surface area (TPSA) is 109 Å². The van der Waals surface area contributed by atoms with Crippen LogP contribution in [-0.2, 0) is 0 Å². The number of aromatic nitrogens is 4. The molecule has 210 valence electrons. The van der Waals surface area contributed by atoms with Gasteiger partial charge in [0.15, 0.2) is 22.5 Å². The minimum absolute atomic E-state index is 0. The first-order chi connectivity index (χ1) is 18.1. The van der Waals surface area contributed by atoms with Crippen molar-refractivity contribution in [3.05, 3.63) is 65.4 Å². The van der Waals surface area contributed by atoms with Crippen LogP contribution in [0.15, 0.2) is 57.4 Å². The monoisotopic (exact) mass is 610 g/mol. The first-order valence-electron chi connectivity index (χ1n) is 12.3. The lowest BCUT2D eigenvalue weighted by Crippen LogP contribution is -2.36. The van der Waals surface area contributed by atoms with Crippen molar-refractivity contribution in [1.82, 2.24) is 25.0 Å². The second kappa shape index (κ2) is 14.8. The highest BCUT2D eigenvalue weighted by molar-refractivity contribution is 7.99. The molecule has 1 fully saturated rings. The fraction of sp³-hybridized carbons (Fsp3) is 0.385. The van der Waals surface area contributed by atoms with E-state index in [1.807, 2.05) is 61.8 Å². The number of ether oxygens (including phenoxy) is 1. The predicted octanol–water partition coefficient (Wildman–Crippen LogP) is 6.46. The van der Waals surface area contributed by atoms with E-state index < -0.39 is 0 Å². The van der Waals surface area contributed by atoms with Gasteiger partial charge in [0, 0.05) is 23.0 Å². The molecule has 4 aromatic rings. The van der Waals surface area contributed by atoms with Crippen LogP contribution in [0.4, 0.5) is 10.9 Å². The molecule has 1 aliphatic heterocycles. The highest BCUT2D eigenvalue weighted by Crippen LogP contribution is 2.45. The fourth-order valence-electron chi connectivity index (χ4n) is 4.34. The molecule has 1 atom stereocenters. The molecule has 13 heteroatoms. The van der Waals surface area contributed by atoms with Gasteiger partial charge >= 0.3 is 0 Å². The van der Waals surface area contributed by atoms with Gasteiger partial charge in [-0.1, -0.05) is 23.4 Å². The summed E-state index contributed by atoms with van der Waals surface area (Å²) >= 11 is 3.20. The van der Waals surface area contributed by atoms with Crippen molar-refractivity contribution >= 4 is 58.9 Å². The van der Waals surface area contributed by atoms with Crippen LogP contribution < -0.4 is 10.1 Å². The van der Waals surface area contributed by atoms with Crippen molar-refractivity contribution in [2.24, 2.45) is 5.92 Å². The molecule has 0 aliphatic carbocycles. The number of pyridine rings is 1. The first-order valence-corrected chi connectivity index (χ1v) is 14.1. The third kappa shape index (κ3) is 8.29. The number of β-amino-alcohol motifs (C(OH)–C–C–N with tert-alkyl or cyclic N) is 1. The Bertz CT molecular complexity index is 1300. The number of thioether (sulfide) groups is 1. The Morgan fingerprint density at radius 3 is 2.59 bits per heavy atom. The Hall–Kier alpha value is -2.41. The molecule has 4 heterocycles. The van der Waals surface area contributed by atoms with E-state index in [0.717, 1.165) is 47.4 Å². The number of hydrogen-bond acceptors (Lipinski definition) is 11. The summed E-state index contributed by atoms with van der Waals surface area (Å²) in [5.41, 5.74) is 0.952. The van der Waals surface area contributed by atoms with Crippen LogP contribution in [0, 0.1) is 19.8 Å². The van der Waals surface area contributed by atoms with Crippen molar-refractivity contribution in [2.45, 2.75) is 36.8 Å².